The number of nitrogens with zero attached hydrogens (tertiary/aromatic N) is 4. The van der Waals surface area contributed by atoms with Gasteiger partial charge in [-0.2, -0.15) is 0 Å². The van der Waals surface area contributed by atoms with Crippen LogP contribution in [0.2, 0.25) is 0 Å². The molecule has 12 atom stereocenters. The fraction of sp³-hybridized carbons (Fsp3) is 0.705. The summed E-state index contributed by atoms with van der Waals surface area (Å²) in [6.45, 7) is 3.59. The molecule has 0 aliphatic carbocycles. The Morgan fingerprint density at radius 2 is 1.09 bits per heavy atom. The highest BCUT2D eigenvalue weighted by atomic mass is 16.4. The minimum absolute atomic E-state index is 0.0112. The molecule has 0 aromatic heterocycles. The van der Waals surface area contributed by atoms with Gasteiger partial charge in [0.15, 0.2) is 12.0 Å². The quantitative estimate of drug-likeness (QED) is 0.0206. The van der Waals surface area contributed by atoms with E-state index in [9.17, 15) is 83.1 Å². The zero-order valence-corrected chi connectivity index (χ0v) is 42.2. The smallest absolute Gasteiger partial charge is 0.328 e. The topological polar surface area (TPSA) is 490 Å². The molecule has 10 amide bonds. The van der Waals surface area contributed by atoms with Crippen LogP contribution in [-0.2, 0) is 57.5 Å². The van der Waals surface area contributed by atoms with Crippen LogP contribution < -0.4 is 54.4 Å². The van der Waals surface area contributed by atoms with E-state index in [0.29, 0.717) is 19.3 Å². The van der Waals surface area contributed by atoms with Crippen molar-refractivity contribution in [2.24, 2.45) is 22.2 Å². The molecule has 18 N–H and O–H groups in total. The number of aliphatic hydroxyl groups is 3. The molecule has 0 unspecified atom stereocenters. The van der Waals surface area contributed by atoms with Crippen LogP contribution in [0.5, 0.6) is 0 Å². The molecule has 0 aromatic carbocycles. The number of hydrogen-bond donors (Lipinski definition) is 15. The highest BCUT2D eigenvalue weighted by molar-refractivity contribution is 5.99. The molecule has 0 radical (unpaired) electrons. The van der Waals surface area contributed by atoms with Gasteiger partial charge >= 0.3 is 11.9 Å². The molecule has 0 saturated carbocycles. The highest BCUT2D eigenvalue weighted by Gasteiger charge is 2.43. The fourth-order valence-electron chi connectivity index (χ4n) is 8.69. The van der Waals surface area contributed by atoms with E-state index in [2.05, 4.69) is 36.9 Å². The Kier molecular flexibility index (Phi) is 24.0. The standard InChI is InChI=1S/C44H72N14O17/c1-20(45)40(71)56-14-7-12-29(56)38(69)53-25(17-31(63)64)34(65)54-32(22(3)60)39(70)52-24(9-5-13-48-44(46)47)42(73)58-16-8-11-28(58)37(68)50-21(2)41(72)57-15-6-10-27(57)36(67)49-18-30(62)51-26(19-59)35(66)55-33(23(4)61)43(74)75/h20-29,32-33,59-61H,5-19,45H2,1-4H3,(H,49,67)(H,50,68)(H,51,62)(H,52,70)(H,53,69)(H,54,65)(H,55,66)(H,63,64)(H,74,75)(H4,46,47,48)/t20-,21-,22+,23+,24-,25-,26-,27-,28-,29-,32-,33-/m0/s1. The van der Waals surface area contributed by atoms with Crippen molar-refractivity contribution in [1.29, 1.82) is 0 Å². The number of hydrogen-bond acceptors (Lipinski definition) is 17. The van der Waals surface area contributed by atoms with Gasteiger partial charge in [-0.05, 0) is 79.1 Å². The second-order valence-electron chi connectivity index (χ2n) is 18.6. The van der Waals surface area contributed by atoms with Gasteiger partial charge in [-0.25, -0.2) is 4.79 Å². The number of rotatable bonds is 27. The Morgan fingerprint density at radius 1 is 0.600 bits per heavy atom. The van der Waals surface area contributed by atoms with Crippen LogP contribution in [0.4, 0.5) is 0 Å². The van der Waals surface area contributed by atoms with Crippen molar-refractivity contribution in [3.05, 3.63) is 0 Å². The summed E-state index contributed by atoms with van der Waals surface area (Å²) in [5.41, 5.74) is 16.6. The number of amides is 10. The van der Waals surface area contributed by atoms with E-state index >= 15 is 0 Å². The number of nitrogens with one attached hydrogen (secondary N) is 7. The van der Waals surface area contributed by atoms with Crippen molar-refractivity contribution in [3.8, 4) is 0 Å². The molecule has 0 bridgehead atoms. The fourth-order valence-corrected chi connectivity index (χ4v) is 8.69. The monoisotopic (exact) mass is 1070 g/mol. The number of likely N-dealkylation sites (tertiary alicyclic amines) is 3. The third-order valence-electron chi connectivity index (χ3n) is 12.6. The normalized spacial score (nSPS) is 20.8. The van der Waals surface area contributed by atoms with Gasteiger partial charge in [0.25, 0.3) is 0 Å². The van der Waals surface area contributed by atoms with Gasteiger partial charge in [0.1, 0.15) is 48.3 Å². The predicted molar refractivity (Wildman–Crippen MR) is 258 cm³/mol. The lowest BCUT2D eigenvalue weighted by molar-refractivity contribution is -0.145. The van der Waals surface area contributed by atoms with Crippen LogP contribution >= 0.6 is 0 Å². The summed E-state index contributed by atoms with van der Waals surface area (Å²) < 4.78 is 0. The maximum Gasteiger partial charge on any atom is 0.328 e. The number of guanidine groups is 1. The molecule has 3 aliphatic rings. The van der Waals surface area contributed by atoms with Crippen LogP contribution in [0.15, 0.2) is 4.99 Å². The zero-order valence-electron chi connectivity index (χ0n) is 42.2. The first-order valence-electron chi connectivity index (χ1n) is 24.4. The number of aliphatic imine (C=N–C) groups is 1. The molecule has 3 aliphatic heterocycles. The van der Waals surface area contributed by atoms with Crippen molar-refractivity contribution in [3.63, 3.8) is 0 Å². The van der Waals surface area contributed by atoms with Gasteiger partial charge in [-0.1, -0.05) is 0 Å². The molecule has 0 aromatic rings. The van der Waals surface area contributed by atoms with Crippen molar-refractivity contribution >= 4 is 77.0 Å². The maximum atomic E-state index is 14.3. The molecular weight excluding hydrogens is 997 g/mol. The maximum absolute atomic E-state index is 14.3. The second kappa shape index (κ2) is 29.0. The van der Waals surface area contributed by atoms with E-state index in [4.69, 9.17) is 17.2 Å². The van der Waals surface area contributed by atoms with Gasteiger partial charge in [0.2, 0.25) is 59.1 Å². The molecule has 3 rings (SSSR count). The summed E-state index contributed by atoms with van der Waals surface area (Å²) in [6, 6.07) is -14.0. The number of carbonyl (C=O) groups is 12. The van der Waals surface area contributed by atoms with Crippen LogP contribution in [-0.4, -0.2) is 229 Å². The molecule has 420 valence electrons. The van der Waals surface area contributed by atoms with Gasteiger partial charge < -0.3 is 94.7 Å². The Balaban J connectivity index is 1.70. The van der Waals surface area contributed by atoms with E-state index in [-0.39, 0.29) is 64.2 Å². The molecule has 75 heavy (non-hydrogen) atoms. The van der Waals surface area contributed by atoms with Crippen LogP contribution in [0.25, 0.3) is 0 Å². The number of aliphatic hydroxyl groups excluding tert-OH is 3. The lowest BCUT2D eigenvalue weighted by Crippen LogP contribution is -2.61. The van der Waals surface area contributed by atoms with Gasteiger partial charge in [0, 0.05) is 26.2 Å². The lowest BCUT2D eigenvalue weighted by atomic mass is 10.1. The first kappa shape index (κ1) is 62.0. The first-order chi connectivity index (χ1) is 35.2. The van der Waals surface area contributed by atoms with Crippen LogP contribution in [0, 0.1) is 0 Å². The Hall–Kier alpha value is -7.25. The van der Waals surface area contributed by atoms with Gasteiger partial charge in [-0.15, -0.1) is 0 Å². The third-order valence-corrected chi connectivity index (χ3v) is 12.6. The molecule has 0 spiro atoms. The van der Waals surface area contributed by atoms with Crippen molar-refractivity contribution in [2.75, 3.05) is 39.3 Å². The van der Waals surface area contributed by atoms with E-state index in [0.717, 1.165) is 13.8 Å². The Labute approximate surface area is 430 Å². The van der Waals surface area contributed by atoms with Crippen LogP contribution in [0.1, 0.15) is 85.5 Å². The summed E-state index contributed by atoms with van der Waals surface area (Å²) in [5.74, 6) is -12.2. The summed E-state index contributed by atoms with van der Waals surface area (Å²) in [6.07, 6.45) is -2.66. The summed E-state index contributed by atoms with van der Waals surface area (Å²) in [5, 5.41) is 64.9. The van der Waals surface area contributed by atoms with Crippen molar-refractivity contribution in [2.45, 2.75) is 158 Å². The van der Waals surface area contributed by atoms with E-state index < -0.39 is 163 Å². The predicted octanol–water partition coefficient (Wildman–Crippen LogP) is -8.28. The van der Waals surface area contributed by atoms with Gasteiger partial charge in [0.05, 0.1) is 37.8 Å². The number of carbonyl (C=O) groups excluding carboxylic acids is 10. The molecular formula is C44H72N14O17. The van der Waals surface area contributed by atoms with E-state index in [1.54, 1.807) is 0 Å². The summed E-state index contributed by atoms with van der Waals surface area (Å²) in [4.78, 5) is 164. The highest BCUT2D eigenvalue weighted by Crippen LogP contribution is 2.23. The summed E-state index contributed by atoms with van der Waals surface area (Å²) >= 11 is 0. The number of nitrogens with two attached hydrogens (primary N) is 3. The Morgan fingerprint density at radius 3 is 1.59 bits per heavy atom. The number of carboxylic acids is 2. The number of aliphatic carboxylic acids is 2. The van der Waals surface area contributed by atoms with Crippen molar-refractivity contribution < 1.29 is 83.1 Å². The molecule has 31 heteroatoms. The molecule has 3 fully saturated rings. The second-order valence-corrected chi connectivity index (χ2v) is 18.6. The summed E-state index contributed by atoms with van der Waals surface area (Å²) in [7, 11) is 0. The SMILES string of the molecule is C[C@H](N)C(=O)N1CCC[C@H]1C(=O)N[C@@H](CC(=O)O)C(=O)N[C@H](C(=O)N[C@@H](CCCN=C(N)N)C(=O)N1CCC[C@H]1C(=O)N[C@@H](C)C(=O)N1CCC[C@H]1C(=O)NCC(=O)N[C@@H](CO)C(=O)N[C@H](C(=O)O)[C@@H](C)O)[C@@H](C)O. The first-order valence-corrected chi connectivity index (χ1v) is 24.4. The molecule has 3 heterocycles. The molecule has 3 saturated heterocycles. The average Bonchev–Trinajstić information content (AvgIpc) is 4.15. The lowest BCUT2D eigenvalue weighted by Gasteiger charge is -2.32. The Bertz CT molecular complexity index is 2160. The average molecular weight is 1070 g/mol. The van der Waals surface area contributed by atoms with E-state index in [1.165, 1.54) is 28.5 Å². The minimum Gasteiger partial charge on any atom is -0.481 e. The van der Waals surface area contributed by atoms with Gasteiger partial charge in [-0.3, -0.25) is 57.7 Å². The zero-order chi connectivity index (χ0) is 56.4. The largest absolute Gasteiger partial charge is 0.481 e. The molecule has 31 nitrogen and oxygen atoms in total. The number of carboxylic acid groups (broad SMARTS) is 2. The third kappa shape index (κ3) is 18.0. The van der Waals surface area contributed by atoms with Crippen molar-refractivity contribution in [1.82, 2.24) is 51.9 Å². The van der Waals surface area contributed by atoms with Crippen LogP contribution in [0.3, 0.4) is 0 Å². The minimum atomic E-state index is -1.84. The van der Waals surface area contributed by atoms with E-state index in [1.807, 2.05) is 5.32 Å².